The molecule has 0 heteroatoms. The molecule has 0 spiro atoms. The van der Waals surface area contributed by atoms with Crippen LogP contribution >= 0.6 is 0 Å². The van der Waals surface area contributed by atoms with E-state index in [0.717, 1.165) is 0 Å². The van der Waals surface area contributed by atoms with Crippen LogP contribution in [0.5, 0.6) is 0 Å². The van der Waals surface area contributed by atoms with Crippen LogP contribution < -0.4 is 0 Å². The second-order valence-corrected chi connectivity index (χ2v) is 9.51. The van der Waals surface area contributed by atoms with Gasteiger partial charge < -0.3 is 0 Å². The van der Waals surface area contributed by atoms with Gasteiger partial charge in [0.2, 0.25) is 0 Å². The largest absolute Gasteiger partial charge is 0.0665 e. The summed E-state index contributed by atoms with van der Waals surface area (Å²) in [5, 5.41) is 5.23. The van der Waals surface area contributed by atoms with E-state index < -0.39 is 0 Å². The fourth-order valence-corrected chi connectivity index (χ4v) is 5.32. The molecule has 0 aromatic heterocycles. The highest BCUT2D eigenvalue weighted by Gasteiger charge is 2.28. The van der Waals surface area contributed by atoms with Gasteiger partial charge in [-0.15, -0.1) is 0 Å². The zero-order valence-corrected chi connectivity index (χ0v) is 19.0. The molecule has 0 atom stereocenters. The van der Waals surface area contributed by atoms with Crippen molar-refractivity contribution in [2.24, 2.45) is 5.41 Å². The molecule has 6 rings (SSSR count). The van der Waals surface area contributed by atoms with E-state index in [0.29, 0.717) is 0 Å². The predicted molar refractivity (Wildman–Crippen MR) is 142 cm³/mol. The van der Waals surface area contributed by atoms with Crippen LogP contribution in [0.1, 0.15) is 36.1 Å². The predicted octanol–water partition coefficient (Wildman–Crippen LogP) is 8.90. The molecule has 5 aromatic rings. The summed E-state index contributed by atoms with van der Waals surface area (Å²) in [7, 11) is 0. The van der Waals surface area contributed by atoms with Crippen molar-refractivity contribution in [3.05, 3.63) is 144 Å². The Morgan fingerprint density at radius 3 is 1.12 bits per heavy atom. The minimum absolute atomic E-state index is 0.114. The van der Waals surface area contributed by atoms with E-state index in [-0.39, 0.29) is 5.41 Å². The number of hydrogen-bond acceptors (Lipinski definition) is 0. The monoisotopic (exact) mass is 422 g/mol. The zero-order valence-electron chi connectivity index (χ0n) is 19.0. The maximum Gasteiger partial charge on any atom is 0.00232 e. The van der Waals surface area contributed by atoms with Gasteiger partial charge in [-0.3, -0.25) is 0 Å². The fraction of sp³-hybridized carbons (Fsp3) is 0.0909. The molecule has 1 aliphatic rings. The lowest BCUT2D eigenvalue weighted by molar-refractivity contribution is 0.630. The minimum Gasteiger partial charge on any atom is -0.0665 e. The summed E-state index contributed by atoms with van der Waals surface area (Å²) >= 11 is 0. The van der Waals surface area contributed by atoms with Crippen LogP contribution in [-0.4, -0.2) is 0 Å². The van der Waals surface area contributed by atoms with Crippen molar-refractivity contribution in [3.63, 3.8) is 0 Å². The lowest BCUT2D eigenvalue weighted by atomic mass is 9.82. The molecule has 33 heavy (non-hydrogen) atoms. The van der Waals surface area contributed by atoms with Crippen molar-refractivity contribution < 1.29 is 0 Å². The van der Waals surface area contributed by atoms with Crippen LogP contribution in [0.4, 0.5) is 0 Å². The van der Waals surface area contributed by atoms with Gasteiger partial charge in [0.15, 0.2) is 0 Å². The third-order valence-electron chi connectivity index (χ3n) is 6.67. The molecule has 0 amide bonds. The number of hydrogen-bond donors (Lipinski definition) is 0. The lowest BCUT2D eigenvalue weighted by Gasteiger charge is -2.21. The Morgan fingerprint density at radius 1 is 0.394 bits per heavy atom. The van der Waals surface area contributed by atoms with Gasteiger partial charge in [0.25, 0.3) is 0 Å². The van der Waals surface area contributed by atoms with Crippen molar-refractivity contribution >= 4 is 32.7 Å². The first-order chi connectivity index (χ1) is 16.1. The van der Waals surface area contributed by atoms with E-state index in [4.69, 9.17) is 0 Å². The van der Waals surface area contributed by atoms with Gasteiger partial charge >= 0.3 is 0 Å². The summed E-state index contributed by atoms with van der Waals surface area (Å²) in [6.07, 6.45) is 4.91. The van der Waals surface area contributed by atoms with Crippen LogP contribution in [0.3, 0.4) is 0 Å². The van der Waals surface area contributed by atoms with Crippen molar-refractivity contribution in [2.75, 3.05) is 0 Å². The molecular formula is C33H26. The Bertz CT molecular complexity index is 1430. The maximum absolute atomic E-state index is 2.46. The first-order valence-electron chi connectivity index (χ1n) is 11.6. The van der Waals surface area contributed by atoms with E-state index in [9.17, 15) is 0 Å². The average Bonchev–Trinajstić information content (AvgIpc) is 2.99. The van der Waals surface area contributed by atoms with Gasteiger partial charge in [-0.1, -0.05) is 135 Å². The Labute approximate surface area is 195 Å². The average molecular weight is 423 g/mol. The van der Waals surface area contributed by atoms with E-state index in [1.165, 1.54) is 54.9 Å². The van der Waals surface area contributed by atoms with Crippen LogP contribution in [0, 0.1) is 5.41 Å². The second kappa shape index (κ2) is 7.60. The van der Waals surface area contributed by atoms with Gasteiger partial charge in [-0.05, 0) is 54.9 Å². The van der Waals surface area contributed by atoms with Crippen LogP contribution in [0.15, 0.2) is 121 Å². The van der Waals surface area contributed by atoms with E-state index >= 15 is 0 Å². The van der Waals surface area contributed by atoms with Gasteiger partial charge in [-0.25, -0.2) is 0 Å². The molecule has 158 valence electrons. The summed E-state index contributed by atoms with van der Waals surface area (Å²) in [6.45, 7) is 4.63. The van der Waals surface area contributed by atoms with Crippen molar-refractivity contribution in [3.8, 4) is 0 Å². The third-order valence-corrected chi connectivity index (χ3v) is 6.67. The highest BCUT2D eigenvalue weighted by atomic mass is 14.3. The standard InChI is InChI=1S/C33H26/c1-33(2)21-29(23-13-5-3-6-14-23)31-27-19-11-9-17-25(27)26-18-10-12-20-28(26)32(31)30(22-33)24-15-7-4-8-16-24/h3-22H,1-2H3. The van der Waals surface area contributed by atoms with Crippen LogP contribution in [0.25, 0.3) is 32.7 Å². The zero-order chi connectivity index (χ0) is 22.4. The summed E-state index contributed by atoms with van der Waals surface area (Å²) in [4.78, 5) is 0. The second-order valence-electron chi connectivity index (χ2n) is 9.51. The molecule has 1 aliphatic carbocycles. The molecule has 0 N–H and O–H groups in total. The SMILES string of the molecule is CC1(C)C=C(c2ccccc2)c2c(c3ccccc3c3ccccc23)C(c2ccccc2)=C1. The smallest absolute Gasteiger partial charge is 0.00232 e. The Morgan fingerprint density at radius 2 is 0.727 bits per heavy atom. The number of fused-ring (bicyclic) bond motifs is 6. The van der Waals surface area contributed by atoms with Crippen molar-refractivity contribution in [1.82, 2.24) is 0 Å². The van der Waals surface area contributed by atoms with Gasteiger partial charge in [-0.2, -0.15) is 0 Å². The number of allylic oxidation sites excluding steroid dienone is 2. The van der Waals surface area contributed by atoms with Gasteiger partial charge in [0, 0.05) is 5.41 Å². The molecule has 5 aromatic carbocycles. The first kappa shape index (κ1) is 19.8. The number of rotatable bonds is 2. The summed E-state index contributed by atoms with van der Waals surface area (Å²) in [5.41, 5.74) is 7.68. The van der Waals surface area contributed by atoms with Crippen molar-refractivity contribution in [2.45, 2.75) is 13.8 Å². The van der Waals surface area contributed by atoms with Crippen molar-refractivity contribution in [1.29, 1.82) is 0 Å². The Balaban J connectivity index is 1.86. The maximum atomic E-state index is 2.46. The highest BCUT2D eigenvalue weighted by molar-refractivity contribution is 6.19. The topological polar surface area (TPSA) is 0 Å². The molecular weight excluding hydrogens is 396 g/mol. The van der Waals surface area contributed by atoms with Gasteiger partial charge in [0.1, 0.15) is 0 Å². The molecule has 0 nitrogen and oxygen atoms in total. The molecule has 0 aliphatic heterocycles. The van der Waals surface area contributed by atoms with Crippen LogP contribution in [0.2, 0.25) is 0 Å². The van der Waals surface area contributed by atoms with E-state index in [1.807, 2.05) is 0 Å². The first-order valence-corrected chi connectivity index (χ1v) is 11.6. The summed E-state index contributed by atoms with van der Waals surface area (Å²) < 4.78 is 0. The third kappa shape index (κ3) is 3.31. The molecule has 0 heterocycles. The molecule has 0 fully saturated rings. The molecule has 0 bridgehead atoms. The normalized spacial score (nSPS) is 15.0. The Hall–Kier alpha value is -3.90. The highest BCUT2D eigenvalue weighted by Crippen LogP contribution is 2.48. The molecule has 0 saturated carbocycles. The van der Waals surface area contributed by atoms with E-state index in [1.54, 1.807) is 0 Å². The lowest BCUT2D eigenvalue weighted by Crippen LogP contribution is -2.04. The van der Waals surface area contributed by atoms with Crippen LogP contribution in [-0.2, 0) is 0 Å². The fourth-order valence-electron chi connectivity index (χ4n) is 5.32. The van der Waals surface area contributed by atoms with E-state index in [2.05, 4.69) is 135 Å². The number of benzene rings is 5. The quantitative estimate of drug-likeness (QED) is 0.249. The Kier molecular flexibility index (Phi) is 4.55. The molecule has 0 radical (unpaired) electrons. The summed E-state index contributed by atoms with van der Waals surface area (Å²) in [5.74, 6) is 0. The minimum atomic E-state index is -0.114. The molecule has 0 saturated heterocycles. The van der Waals surface area contributed by atoms with Gasteiger partial charge in [0.05, 0.1) is 0 Å². The molecule has 0 unspecified atom stereocenters. The summed E-state index contributed by atoms with van der Waals surface area (Å²) in [6, 6.07) is 39.5.